The van der Waals surface area contributed by atoms with E-state index in [1.165, 1.54) is 6.08 Å². The SMILES string of the molecule is COc1ccccc1C1(CNC(=O)c2c(Cl)cccc2OC/C(=C/C=O)NCNC(=NN)c2ccccc2)CCC1. The van der Waals surface area contributed by atoms with Crippen LogP contribution in [0.5, 0.6) is 11.5 Å². The maximum atomic E-state index is 13.4. The fraction of sp³-hybridized carbons (Fsp3) is 0.258. The Bertz CT molecular complexity index is 1410. The van der Waals surface area contributed by atoms with Gasteiger partial charge in [0.1, 0.15) is 24.4 Å². The van der Waals surface area contributed by atoms with Crippen molar-refractivity contribution in [1.82, 2.24) is 16.0 Å². The van der Waals surface area contributed by atoms with E-state index in [-0.39, 0.29) is 35.2 Å². The molecule has 3 aromatic carbocycles. The molecule has 0 atom stereocenters. The number of nitrogens with two attached hydrogens (primary N) is 1. The van der Waals surface area contributed by atoms with Gasteiger partial charge in [0, 0.05) is 29.2 Å². The first-order valence-electron chi connectivity index (χ1n) is 13.3. The molecule has 214 valence electrons. The molecular weight excluding hydrogens is 542 g/mol. The van der Waals surface area contributed by atoms with Gasteiger partial charge in [-0.25, -0.2) is 0 Å². The van der Waals surface area contributed by atoms with Gasteiger partial charge in [0.05, 0.1) is 30.1 Å². The number of allylic oxidation sites excluding steroid dienone is 1. The van der Waals surface area contributed by atoms with Gasteiger partial charge >= 0.3 is 0 Å². The zero-order valence-corrected chi connectivity index (χ0v) is 23.6. The summed E-state index contributed by atoms with van der Waals surface area (Å²) < 4.78 is 11.6. The van der Waals surface area contributed by atoms with Crippen molar-refractivity contribution in [2.75, 3.05) is 26.9 Å². The second-order valence-electron chi connectivity index (χ2n) is 9.62. The van der Waals surface area contributed by atoms with Gasteiger partial charge in [0.25, 0.3) is 5.91 Å². The van der Waals surface area contributed by atoms with Crippen LogP contribution < -0.4 is 31.3 Å². The number of amides is 1. The van der Waals surface area contributed by atoms with Gasteiger partial charge in [-0.3, -0.25) is 9.59 Å². The van der Waals surface area contributed by atoms with E-state index in [1.807, 2.05) is 48.5 Å². The summed E-state index contributed by atoms with van der Waals surface area (Å²) in [5.74, 6) is 6.79. The molecule has 10 heteroatoms. The summed E-state index contributed by atoms with van der Waals surface area (Å²) in [5.41, 5.74) is 2.41. The second-order valence-corrected chi connectivity index (χ2v) is 10.0. The van der Waals surface area contributed by atoms with Crippen LogP contribution in [0.3, 0.4) is 0 Å². The number of carbonyl (C=O) groups excluding carboxylic acids is 2. The zero-order valence-electron chi connectivity index (χ0n) is 22.9. The summed E-state index contributed by atoms with van der Waals surface area (Å²) in [5, 5.41) is 13.3. The molecule has 1 aliphatic rings. The number of carbonyl (C=O) groups is 2. The molecule has 3 aromatic rings. The Balaban J connectivity index is 1.40. The highest BCUT2D eigenvalue weighted by atomic mass is 35.5. The number of nitrogens with one attached hydrogen (secondary N) is 3. The van der Waals surface area contributed by atoms with E-state index < -0.39 is 0 Å². The van der Waals surface area contributed by atoms with Crippen LogP contribution in [-0.4, -0.2) is 45.0 Å². The first-order valence-corrected chi connectivity index (χ1v) is 13.7. The average molecular weight is 576 g/mol. The van der Waals surface area contributed by atoms with Crippen molar-refractivity contribution in [3.63, 3.8) is 0 Å². The molecule has 0 saturated heterocycles. The van der Waals surface area contributed by atoms with Crippen LogP contribution >= 0.6 is 11.6 Å². The maximum Gasteiger partial charge on any atom is 0.256 e. The van der Waals surface area contributed by atoms with Gasteiger partial charge in [0.15, 0.2) is 5.84 Å². The molecule has 0 bridgehead atoms. The van der Waals surface area contributed by atoms with Crippen molar-refractivity contribution in [1.29, 1.82) is 0 Å². The van der Waals surface area contributed by atoms with Crippen molar-refractivity contribution in [3.05, 3.63) is 106 Å². The largest absolute Gasteiger partial charge is 0.496 e. The number of nitrogens with zero attached hydrogens (tertiary/aromatic N) is 1. The monoisotopic (exact) mass is 575 g/mol. The van der Waals surface area contributed by atoms with Crippen molar-refractivity contribution in [2.45, 2.75) is 24.7 Å². The van der Waals surface area contributed by atoms with Crippen LogP contribution in [0.2, 0.25) is 5.02 Å². The highest BCUT2D eigenvalue weighted by molar-refractivity contribution is 6.34. The van der Waals surface area contributed by atoms with Crippen LogP contribution in [0.4, 0.5) is 0 Å². The number of halogens is 1. The van der Waals surface area contributed by atoms with Gasteiger partial charge < -0.3 is 31.3 Å². The van der Waals surface area contributed by atoms with Gasteiger partial charge in [-0.1, -0.05) is 72.6 Å². The first kappa shape index (κ1) is 29.5. The van der Waals surface area contributed by atoms with Crippen LogP contribution in [-0.2, 0) is 10.2 Å². The second kappa shape index (κ2) is 14.2. The lowest BCUT2D eigenvalue weighted by Crippen LogP contribution is -2.45. The molecule has 5 N–H and O–H groups in total. The predicted molar refractivity (Wildman–Crippen MR) is 160 cm³/mol. The highest BCUT2D eigenvalue weighted by Gasteiger charge is 2.41. The molecule has 1 fully saturated rings. The van der Waals surface area contributed by atoms with Crippen molar-refractivity contribution in [2.24, 2.45) is 10.9 Å². The number of ether oxygens (including phenoxy) is 2. The molecule has 41 heavy (non-hydrogen) atoms. The third-order valence-corrected chi connectivity index (χ3v) is 7.49. The number of hydrogen-bond donors (Lipinski definition) is 4. The zero-order chi connectivity index (χ0) is 29.1. The van der Waals surface area contributed by atoms with Crippen molar-refractivity contribution >= 4 is 29.6 Å². The molecule has 0 radical (unpaired) electrons. The highest BCUT2D eigenvalue weighted by Crippen LogP contribution is 2.46. The number of methoxy groups -OCH3 is 1. The molecule has 1 aliphatic carbocycles. The minimum atomic E-state index is -0.339. The van der Waals surface area contributed by atoms with Crippen LogP contribution in [0, 0.1) is 0 Å². The van der Waals surface area contributed by atoms with Gasteiger partial charge in [-0.2, -0.15) is 5.10 Å². The number of para-hydroxylation sites is 1. The smallest absolute Gasteiger partial charge is 0.256 e. The Morgan fingerprint density at radius 2 is 1.73 bits per heavy atom. The van der Waals surface area contributed by atoms with E-state index in [1.54, 1.807) is 25.3 Å². The van der Waals surface area contributed by atoms with Gasteiger partial charge in [-0.05, 0) is 31.0 Å². The lowest BCUT2D eigenvalue weighted by atomic mass is 9.64. The van der Waals surface area contributed by atoms with Crippen LogP contribution in [0.25, 0.3) is 0 Å². The van der Waals surface area contributed by atoms with Crippen LogP contribution in [0.15, 0.2) is 89.7 Å². The minimum Gasteiger partial charge on any atom is -0.496 e. The summed E-state index contributed by atoms with van der Waals surface area (Å²) in [7, 11) is 1.66. The van der Waals surface area contributed by atoms with E-state index in [4.69, 9.17) is 26.9 Å². The topological polar surface area (TPSA) is 127 Å². The molecule has 0 unspecified atom stereocenters. The summed E-state index contributed by atoms with van der Waals surface area (Å²) >= 11 is 6.47. The molecular formula is C31H34ClN5O4. The Hall–Kier alpha value is -4.50. The third kappa shape index (κ3) is 7.18. The fourth-order valence-corrected chi connectivity index (χ4v) is 5.12. The number of aldehydes is 1. The maximum absolute atomic E-state index is 13.4. The molecule has 0 aromatic heterocycles. The molecule has 1 amide bonds. The Kier molecular flexibility index (Phi) is 10.2. The predicted octanol–water partition coefficient (Wildman–Crippen LogP) is 4.12. The fourth-order valence-electron chi connectivity index (χ4n) is 4.87. The standard InChI is InChI=1S/C31H34ClN5O4/c1-40-26-13-6-5-11-24(26)31(16-8-17-31)20-34-30(39)28-25(32)12-7-14-27(28)41-19-23(15-18-38)35-21-36-29(37-33)22-9-3-2-4-10-22/h2-7,9-15,18,35H,8,16-17,19-21,33H2,1H3,(H,34,39)(H,36,37)/b23-15-. The third-order valence-electron chi connectivity index (χ3n) is 7.18. The minimum absolute atomic E-state index is 0.00731. The molecule has 4 rings (SSSR count). The van der Waals surface area contributed by atoms with E-state index in [0.717, 1.165) is 36.1 Å². The molecule has 9 nitrogen and oxygen atoms in total. The Morgan fingerprint density at radius 3 is 2.41 bits per heavy atom. The molecule has 0 aliphatic heterocycles. The Morgan fingerprint density at radius 1 is 1.00 bits per heavy atom. The summed E-state index contributed by atoms with van der Waals surface area (Å²) in [6.45, 7) is 0.654. The van der Waals surface area contributed by atoms with Crippen LogP contribution in [0.1, 0.15) is 40.7 Å². The van der Waals surface area contributed by atoms with E-state index in [9.17, 15) is 9.59 Å². The molecule has 1 saturated carbocycles. The molecule has 0 spiro atoms. The number of rotatable bonds is 13. The van der Waals surface area contributed by atoms with Gasteiger partial charge in [0.2, 0.25) is 0 Å². The number of benzene rings is 3. The molecule has 0 heterocycles. The normalized spacial score (nSPS) is 14.4. The van der Waals surface area contributed by atoms with E-state index in [0.29, 0.717) is 30.1 Å². The summed E-state index contributed by atoms with van der Waals surface area (Å²) in [6, 6.07) is 22.3. The van der Waals surface area contributed by atoms with E-state index >= 15 is 0 Å². The number of hydrazone groups is 1. The lowest BCUT2D eigenvalue weighted by Gasteiger charge is -2.43. The summed E-state index contributed by atoms with van der Waals surface area (Å²) in [4.78, 5) is 24.7. The average Bonchev–Trinajstić information content (AvgIpc) is 2.98. The number of amidine groups is 1. The quantitative estimate of drug-likeness (QED) is 0.0459. The Labute approximate surface area is 244 Å². The van der Waals surface area contributed by atoms with Gasteiger partial charge in [-0.15, -0.1) is 0 Å². The first-order chi connectivity index (χ1) is 20.0. The van der Waals surface area contributed by atoms with Crippen molar-refractivity contribution in [3.8, 4) is 11.5 Å². The summed E-state index contributed by atoms with van der Waals surface area (Å²) in [6.07, 6.45) is 4.97. The van der Waals surface area contributed by atoms with E-state index in [2.05, 4.69) is 27.1 Å². The lowest BCUT2D eigenvalue weighted by molar-refractivity contribution is -0.104. The van der Waals surface area contributed by atoms with Crippen molar-refractivity contribution < 1.29 is 19.1 Å². The number of hydrogen-bond acceptors (Lipinski definition) is 7.